The van der Waals surface area contributed by atoms with E-state index in [-0.39, 0.29) is 6.42 Å². The summed E-state index contributed by atoms with van der Waals surface area (Å²) >= 11 is 0. The van der Waals surface area contributed by atoms with Gasteiger partial charge in [-0.1, -0.05) is 48.5 Å². The predicted octanol–water partition coefficient (Wildman–Crippen LogP) is 2.89. The van der Waals surface area contributed by atoms with Gasteiger partial charge in [0.1, 0.15) is 0 Å². The second-order valence-electron chi connectivity index (χ2n) is 5.76. The molecule has 0 bridgehead atoms. The summed E-state index contributed by atoms with van der Waals surface area (Å²) in [5.74, 6) is -0.470. The van der Waals surface area contributed by atoms with Crippen molar-refractivity contribution >= 4 is 5.97 Å². The van der Waals surface area contributed by atoms with E-state index in [4.69, 9.17) is 5.11 Å². The minimum Gasteiger partial charge on any atom is -0.481 e. The first kappa shape index (κ1) is 13.8. The van der Waals surface area contributed by atoms with E-state index in [9.17, 15) is 4.79 Å². The molecule has 2 aromatic rings. The van der Waals surface area contributed by atoms with Crippen molar-refractivity contribution in [2.24, 2.45) is 0 Å². The molecule has 1 aliphatic rings. The van der Waals surface area contributed by atoms with Crippen LogP contribution in [0.3, 0.4) is 0 Å². The zero-order valence-corrected chi connectivity index (χ0v) is 12.1. The average Bonchev–Trinajstić information content (AvgIpc) is 2.46. The third-order valence-corrected chi connectivity index (χ3v) is 4.07. The Hall–Kier alpha value is -2.13. The summed E-state index contributed by atoms with van der Waals surface area (Å²) in [5.41, 5.74) is 4.79. The lowest BCUT2D eigenvalue weighted by atomic mass is 9.84. The fourth-order valence-electron chi connectivity index (χ4n) is 3.16. The van der Waals surface area contributed by atoms with Crippen LogP contribution < -0.4 is 0 Å². The Morgan fingerprint density at radius 2 is 2.05 bits per heavy atom. The van der Waals surface area contributed by atoms with E-state index in [1.807, 2.05) is 18.2 Å². The van der Waals surface area contributed by atoms with Gasteiger partial charge in [-0.3, -0.25) is 4.79 Å². The third-order valence-electron chi connectivity index (χ3n) is 4.07. The minimum atomic E-state index is -0.784. The van der Waals surface area contributed by atoms with Crippen LogP contribution in [-0.2, 0) is 17.8 Å². The first-order chi connectivity index (χ1) is 10.1. The van der Waals surface area contributed by atoms with Crippen LogP contribution in [0, 0.1) is 0 Å². The molecule has 21 heavy (non-hydrogen) atoms. The fraction of sp³-hybridized carbons (Fsp3) is 0.278. The van der Waals surface area contributed by atoms with Crippen molar-refractivity contribution in [1.82, 2.24) is 4.90 Å². The quantitative estimate of drug-likeness (QED) is 0.940. The number of benzene rings is 2. The number of hydrogen-bond acceptors (Lipinski definition) is 2. The molecule has 0 saturated carbocycles. The van der Waals surface area contributed by atoms with Crippen molar-refractivity contribution < 1.29 is 9.90 Å². The number of likely N-dealkylation sites (N-methyl/N-ethyl adjacent to an activating group) is 1. The minimum absolute atomic E-state index is 0.0814. The largest absolute Gasteiger partial charge is 0.481 e. The molecular weight excluding hydrogens is 262 g/mol. The molecule has 3 rings (SSSR count). The Bertz CT molecular complexity index is 666. The number of fused-ring (bicyclic) bond motifs is 1. The number of carbonyl (C=O) groups is 1. The van der Waals surface area contributed by atoms with Crippen molar-refractivity contribution in [2.75, 3.05) is 13.6 Å². The highest BCUT2D eigenvalue weighted by molar-refractivity contribution is 5.70. The Kier molecular flexibility index (Phi) is 3.76. The van der Waals surface area contributed by atoms with E-state index in [1.54, 1.807) is 0 Å². The van der Waals surface area contributed by atoms with Crippen LogP contribution in [0.4, 0.5) is 0 Å². The van der Waals surface area contributed by atoms with Gasteiger partial charge in [0.15, 0.2) is 0 Å². The summed E-state index contributed by atoms with van der Waals surface area (Å²) < 4.78 is 0. The molecule has 0 amide bonds. The molecule has 3 heteroatoms. The predicted molar refractivity (Wildman–Crippen MR) is 82.4 cm³/mol. The van der Waals surface area contributed by atoms with Crippen LogP contribution >= 0.6 is 0 Å². The molecule has 0 aliphatic carbocycles. The Balaban J connectivity index is 1.98. The smallest absolute Gasteiger partial charge is 0.307 e. The van der Waals surface area contributed by atoms with Gasteiger partial charge in [0.05, 0.1) is 6.42 Å². The summed E-state index contributed by atoms with van der Waals surface area (Å²) in [6.45, 7) is 1.94. The molecule has 108 valence electrons. The van der Waals surface area contributed by atoms with Gasteiger partial charge in [0, 0.05) is 19.0 Å². The summed E-state index contributed by atoms with van der Waals surface area (Å²) in [6, 6.07) is 16.5. The van der Waals surface area contributed by atoms with Gasteiger partial charge in [0.2, 0.25) is 0 Å². The zero-order valence-electron chi connectivity index (χ0n) is 12.1. The fourth-order valence-corrected chi connectivity index (χ4v) is 3.16. The highest BCUT2D eigenvalue weighted by Crippen LogP contribution is 2.33. The highest BCUT2D eigenvalue weighted by Gasteiger charge is 2.24. The Labute approximate surface area is 124 Å². The summed E-state index contributed by atoms with van der Waals surface area (Å²) in [4.78, 5) is 13.2. The second-order valence-corrected chi connectivity index (χ2v) is 5.76. The van der Waals surface area contributed by atoms with Crippen LogP contribution in [0.15, 0.2) is 48.5 Å². The topological polar surface area (TPSA) is 40.5 Å². The first-order valence-corrected chi connectivity index (χ1v) is 7.20. The van der Waals surface area contributed by atoms with Gasteiger partial charge in [-0.2, -0.15) is 0 Å². The normalized spacial score (nSPS) is 18.2. The lowest BCUT2D eigenvalue weighted by Gasteiger charge is -2.32. The maximum atomic E-state index is 10.9. The molecule has 1 atom stereocenters. The van der Waals surface area contributed by atoms with Gasteiger partial charge >= 0.3 is 5.97 Å². The zero-order chi connectivity index (χ0) is 14.8. The molecule has 1 aliphatic heterocycles. The first-order valence-electron chi connectivity index (χ1n) is 7.20. The van der Waals surface area contributed by atoms with Gasteiger partial charge in [-0.15, -0.1) is 0 Å². The van der Waals surface area contributed by atoms with E-state index in [0.29, 0.717) is 5.92 Å². The summed E-state index contributed by atoms with van der Waals surface area (Å²) in [5, 5.41) is 8.96. The van der Waals surface area contributed by atoms with E-state index >= 15 is 0 Å². The molecule has 1 N–H and O–H groups in total. The maximum Gasteiger partial charge on any atom is 0.307 e. The lowest BCUT2D eigenvalue weighted by molar-refractivity contribution is -0.136. The molecule has 0 radical (unpaired) electrons. The van der Waals surface area contributed by atoms with E-state index in [1.165, 1.54) is 16.7 Å². The molecule has 0 spiro atoms. The molecule has 0 aromatic heterocycles. The van der Waals surface area contributed by atoms with Crippen molar-refractivity contribution in [2.45, 2.75) is 18.9 Å². The Morgan fingerprint density at radius 1 is 1.24 bits per heavy atom. The number of rotatable bonds is 3. The molecule has 1 unspecified atom stereocenters. The summed E-state index contributed by atoms with van der Waals surface area (Å²) in [7, 11) is 2.13. The van der Waals surface area contributed by atoms with Crippen LogP contribution in [0.25, 0.3) is 0 Å². The van der Waals surface area contributed by atoms with Gasteiger partial charge < -0.3 is 10.0 Å². The average molecular weight is 281 g/mol. The standard InChI is InChI=1S/C18H19NO2/c1-19-11-15-6-2-3-8-16(15)17(12-19)14-7-4-5-13(9-14)10-18(20)21/h2-9,17H,10-12H2,1H3,(H,20,21). The van der Waals surface area contributed by atoms with Crippen LogP contribution in [0.2, 0.25) is 0 Å². The summed E-state index contributed by atoms with van der Waals surface area (Å²) in [6.07, 6.45) is 0.0814. The van der Waals surface area contributed by atoms with E-state index in [2.05, 4.69) is 42.3 Å². The van der Waals surface area contributed by atoms with Crippen LogP contribution in [0.1, 0.15) is 28.2 Å². The van der Waals surface area contributed by atoms with Crippen molar-refractivity contribution in [3.05, 3.63) is 70.8 Å². The molecular formula is C18H19NO2. The van der Waals surface area contributed by atoms with Crippen molar-refractivity contribution in [3.8, 4) is 0 Å². The molecule has 1 heterocycles. The molecule has 2 aromatic carbocycles. The van der Waals surface area contributed by atoms with Gasteiger partial charge in [-0.25, -0.2) is 0 Å². The molecule has 3 nitrogen and oxygen atoms in total. The van der Waals surface area contributed by atoms with Crippen molar-refractivity contribution in [1.29, 1.82) is 0 Å². The van der Waals surface area contributed by atoms with Crippen LogP contribution in [-0.4, -0.2) is 29.6 Å². The number of aliphatic carboxylic acids is 1. The van der Waals surface area contributed by atoms with Crippen molar-refractivity contribution in [3.63, 3.8) is 0 Å². The van der Waals surface area contributed by atoms with Gasteiger partial charge in [0.25, 0.3) is 0 Å². The van der Waals surface area contributed by atoms with E-state index < -0.39 is 5.97 Å². The molecule has 0 saturated heterocycles. The number of carboxylic acid groups (broad SMARTS) is 1. The number of carboxylic acids is 1. The maximum absolute atomic E-state index is 10.9. The highest BCUT2D eigenvalue weighted by atomic mass is 16.4. The Morgan fingerprint density at radius 3 is 2.86 bits per heavy atom. The van der Waals surface area contributed by atoms with Gasteiger partial charge in [-0.05, 0) is 29.3 Å². The SMILES string of the molecule is CN1Cc2ccccc2C(c2cccc(CC(=O)O)c2)C1. The lowest BCUT2D eigenvalue weighted by Crippen LogP contribution is -2.30. The number of nitrogens with zero attached hydrogens (tertiary/aromatic N) is 1. The third kappa shape index (κ3) is 2.98. The second kappa shape index (κ2) is 5.70. The van der Waals surface area contributed by atoms with E-state index in [0.717, 1.165) is 18.7 Å². The number of hydrogen-bond donors (Lipinski definition) is 1. The monoisotopic (exact) mass is 281 g/mol. The van der Waals surface area contributed by atoms with Crippen LogP contribution in [0.5, 0.6) is 0 Å². The molecule has 0 fully saturated rings.